The minimum Gasteiger partial charge on any atom is -0.435 e. The van der Waals surface area contributed by atoms with Crippen molar-refractivity contribution in [2.75, 3.05) is 11.5 Å². The third-order valence-electron chi connectivity index (χ3n) is 3.66. The average molecular weight is 388 g/mol. The molecule has 1 fully saturated rings. The van der Waals surface area contributed by atoms with Gasteiger partial charge in [-0.2, -0.15) is 8.78 Å². The third-order valence-corrected chi connectivity index (χ3v) is 5.50. The minimum absolute atomic E-state index is 0.00259. The molecule has 1 saturated heterocycles. The van der Waals surface area contributed by atoms with Crippen LogP contribution in [0.2, 0.25) is 0 Å². The van der Waals surface area contributed by atoms with Gasteiger partial charge in [-0.05, 0) is 36.1 Å². The molecule has 1 aromatic carbocycles. The predicted octanol–water partition coefficient (Wildman–Crippen LogP) is 1.27. The van der Waals surface area contributed by atoms with Crippen LogP contribution in [0.4, 0.5) is 8.78 Å². The first kappa shape index (κ1) is 19.8. The van der Waals surface area contributed by atoms with Crippen LogP contribution in [0.25, 0.3) is 6.08 Å². The van der Waals surface area contributed by atoms with Crippen molar-refractivity contribution in [2.45, 2.75) is 19.5 Å². The van der Waals surface area contributed by atoms with Gasteiger partial charge in [0.2, 0.25) is 5.91 Å². The van der Waals surface area contributed by atoms with Gasteiger partial charge in [0.1, 0.15) is 5.75 Å². The predicted molar refractivity (Wildman–Crippen MR) is 89.8 cm³/mol. The van der Waals surface area contributed by atoms with Crippen molar-refractivity contribution >= 4 is 27.7 Å². The molecular formula is C16H18F2N2O5S. The summed E-state index contributed by atoms with van der Waals surface area (Å²) in [6, 6.07) is 5.64. The number of hydrogen-bond donors (Lipinski definition) is 2. The van der Waals surface area contributed by atoms with Crippen molar-refractivity contribution < 1.29 is 31.5 Å². The lowest BCUT2D eigenvalue weighted by Gasteiger charge is -2.08. The smallest absolute Gasteiger partial charge is 0.387 e. The van der Waals surface area contributed by atoms with Gasteiger partial charge in [-0.1, -0.05) is 12.1 Å². The van der Waals surface area contributed by atoms with Gasteiger partial charge in [-0.15, -0.1) is 0 Å². The first-order valence-electron chi connectivity index (χ1n) is 7.76. The minimum atomic E-state index is -3.05. The van der Waals surface area contributed by atoms with Crippen LogP contribution in [0.1, 0.15) is 18.4 Å². The molecule has 26 heavy (non-hydrogen) atoms. The fourth-order valence-corrected chi connectivity index (χ4v) is 4.31. The Hall–Kier alpha value is -2.49. The van der Waals surface area contributed by atoms with E-state index in [4.69, 9.17) is 0 Å². The van der Waals surface area contributed by atoms with Crippen LogP contribution in [0, 0.1) is 5.92 Å². The maximum absolute atomic E-state index is 12.0. The molecule has 1 unspecified atom stereocenters. The first-order valence-corrected chi connectivity index (χ1v) is 9.58. The molecule has 0 saturated carbocycles. The summed E-state index contributed by atoms with van der Waals surface area (Å²) in [4.78, 5) is 23.3. The Morgan fingerprint density at radius 3 is 2.50 bits per heavy atom. The van der Waals surface area contributed by atoms with Crippen LogP contribution in [-0.4, -0.2) is 38.3 Å². The SMILES string of the molecule is O=C(C=Cc1ccc(OC(F)F)cc1)NNC(=O)CC1CCS(=O)(=O)C1. The normalized spacial score (nSPS) is 18.8. The van der Waals surface area contributed by atoms with Crippen LogP contribution in [0.15, 0.2) is 30.3 Å². The lowest BCUT2D eigenvalue weighted by molar-refractivity contribution is -0.127. The monoisotopic (exact) mass is 388 g/mol. The van der Waals surface area contributed by atoms with E-state index in [0.29, 0.717) is 12.0 Å². The Morgan fingerprint density at radius 2 is 1.92 bits per heavy atom. The second-order valence-corrected chi connectivity index (χ2v) is 8.02. The van der Waals surface area contributed by atoms with Gasteiger partial charge in [-0.3, -0.25) is 20.4 Å². The van der Waals surface area contributed by atoms with E-state index in [-0.39, 0.29) is 29.6 Å². The van der Waals surface area contributed by atoms with E-state index < -0.39 is 28.3 Å². The Kier molecular flexibility index (Phi) is 6.67. The fraction of sp³-hybridized carbons (Fsp3) is 0.375. The molecule has 1 atom stereocenters. The Labute approximate surface area is 149 Å². The molecule has 1 aliphatic rings. The van der Waals surface area contributed by atoms with E-state index in [1.54, 1.807) is 0 Å². The molecule has 0 aromatic heterocycles. The number of nitrogens with one attached hydrogen (secondary N) is 2. The summed E-state index contributed by atoms with van der Waals surface area (Å²) in [6.07, 6.45) is 3.05. The second-order valence-electron chi connectivity index (χ2n) is 5.79. The highest BCUT2D eigenvalue weighted by Crippen LogP contribution is 2.21. The van der Waals surface area contributed by atoms with E-state index in [0.717, 1.165) is 6.08 Å². The molecule has 142 valence electrons. The Morgan fingerprint density at radius 1 is 1.23 bits per heavy atom. The summed E-state index contributed by atoms with van der Waals surface area (Å²) >= 11 is 0. The molecular weight excluding hydrogens is 370 g/mol. The van der Waals surface area contributed by atoms with Gasteiger partial charge in [0.05, 0.1) is 11.5 Å². The van der Waals surface area contributed by atoms with E-state index in [1.165, 1.54) is 30.3 Å². The van der Waals surface area contributed by atoms with Crippen LogP contribution in [0.5, 0.6) is 5.75 Å². The zero-order valence-electron chi connectivity index (χ0n) is 13.7. The van der Waals surface area contributed by atoms with Gasteiger partial charge < -0.3 is 4.74 Å². The molecule has 1 aromatic rings. The summed E-state index contributed by atoms with van der Waals surface area (Å²) in [7, 11) is -3.05. The number of carbonyl (C=O) groups excluding carboxylic acids is 2. The van der Waals surface area contributed by atoms with Crippen molar-refractivity contribution in [1.82, 2.24) is 10.9 Å². The molecule has 0 spiro atoms. The van der Waals surface area contributed by atoms with E-state index in [1.807, 2.05) is 0 Å². The zero-order chi connectivity index (χ0) is 19.2. The lowest BCUT2D eigenvalue weighted by atomic mass is 10.1. The highest BCUT2D eigenvalue weighted by Gasteiger charge is 2.29. The first-order chi connectivity index (χ1) is 12.2. The van der Waals surface area contributed by atoms with Gasteiger partial charge in [0, 0.05) is 12.5 Å². The van der Waals surface area contributed by atoms with Crippen molar-refractivity contribution in [3.63, 3.8) is 0 Å². The van der Waals surface area contributed by atoms with Gasteiger partial charge in [0.25, 0.3) is 5.91 Å². The number of amides is 2. The molecule has 7 nitrogen and oxygen atoms in total. The highest BCUT2D eigenvalue weighted by atomic mass is 32.2. The summed E-state index contributed by atoms with van der Waals surface area (Å²) in [5, 5.41) is 0. The third kappa shape index (κ3) is 6.79. The number of rotatable bonds is 6. The summed E-state index contributed by atoms with van der Waals surface area (Å²) < 4.78 is 50.9. The van der Waals surface area contributed by atoms with Crippen molar-refractivity contribution in [1.29, 1.82) is 0 Å². The largest absolute Gasteiger partial charge is 0.435 e. The van der Waals surface area contributed by atoms with Crippen molar-refractivity contribution in [2.24, 2.45) is 5.92 Å². The van der Waals surface area contributed by atoms with Crippen LogP contribution >= 0.6 is 0 Å². The van der Waals surface area contributed by atoms with Crippen LogP contribution in [0.3, 0.4) is 0 Å². The lowest BCUT2D eigenvalue weighted by Crippen LogP contribution is -2.41. The number of carbonyl (C=O) groups is 2. The Bertz CT molecular complexity index is 778. The molecule has 0 radical (unpaired) electrons. The number of halogens is 2. The quantitative estimate of drug-likeness (QED) is 0.565. The molecule has 0 aliphatic carbocycles. The van der Waals surface area contributed by atoms with Crippen LogP contribution in [-0.2, 0) is 19.4 Å². The van der Waals surface area contributed by atoms with Gasteiger partial charge >= 0.3 is 6.61 Å². The van der Waals surface area contributed by atoms with E-state index in [2.05, 4.69) is 15.6 Å². The van der Waals surface area contributed by atoms with E-state index in [9.17, 15) is 26.8 Å². The number of hydrazine groups is 1. The number of hydrogen-bond acceptors (Lipinski definition) is 5. The van der Waals surface area contributed by atoms with E-state index >= 15 is 0 Å². The zero-order valence-corrected chi connectivity index (χ0v) is 14.5. The highest BCUT2D eigenvalue weighted by molar-refractivity contribution is 7.91. The number of sulfone groups is 1. The maximum atomic E-state index is 12.0. The van der Waals surface area contributed by atoms with Crippen molar-refractivity contribution in [3.8, 4) is 5.75 Å². The summed E-state index contributed by atoms with van der Waals surface area (Å²) in [5.41, 5.74) is 4.98. The summed E-state index contributed by atoms with van der Waals surface area (Å²) in [5.74, 6) is -1.22. The maximum Gasteiger partial charge on any atom is 0.387 e. The number of benzene rings is 1. The fourth-order valence-electron chi connectivity index (χ4n) is 2.45. The van der Waals surface area contributed by atoms with Gasteiger partial charge in [-0.25, -0.2) is 8.42 Å². The van der Waals surface area contributed by atoms with Crippen molar-refractivity contribution in [3.05, 3.63) is 35.9 Å². The standard InChI is InChI=1S/C16H18F2N2O5S/c17-16(18)25-13-4-1-11(2-5-13)3-6-14(21)19-20-15(22)9-12-7-8-26(23,24)10-12/h1-6,12,16H,7-10H2,(H,19,21)(H,20,22). The number of alkyl halides is 2. The van der Waals surface area contributed by atoms with Gasteiger partial charge in [0.15, 0.2) is 9.84 Å². The molecule has 1 aliphatic heterocycles. The Balaban J connectivity index is 1.74. The van der Waals surface area contributed by atoms with Crippen LogP contribution < -0.4 is 15.6 Å². The number of ether oxygens (including phenoxy) is 1. The molecule has 1 heterocycles. The summed E-state index contributed by atoms with van der Waals surface area (Å²) in [6.45, 7) is -2.91. The average Bonchev–Trinajstić information content (AvgIpc) is 2.90. The molecule has 2 N–H and O–H groups in total. The molecule has 0 bridgehead atoms. The molecule has 2 amide bonds. The topological polar surface area (TPSA) is 102 Å². The molecule has 10 heteroatoms. The molecule has 2 rings (SSSR count). The second kappa shape index (κ2) is 8.75.